The van der Waals surface area contributed by atoms with Crippen molar-refractivity contribution in [1.82, 2.24) is 10.2 Å². The minimum Gasteiger partial charge on any atom is -0.495 e. The minimum absolute atomic E-state index is 0.0628. The number of nitrogens with zero attached hydrogens (tertiary/aromatic N) is 1. The van der Waals surface area contributed by atoms with Crippen molar-refractivity contribution < 1.29 is 28.7 Å². The smallest absolute Gasteiger partial charge is 0.412 e. The maximum absolute atomic E-state index is 12.9. The number of benzene rings is 2. The molecule has 1 unspecified atom stereocenters. The molecule has 172 valence electrons. The number of amides is 4. The van der Waals surface area contributed by atoms with Crippen molar-refractivity contribution in [2.24, 2.45) is 0 Å². The zero-order valence-electron chi connectivity index (χ0n) is 18.1. The second-order valence-electron chi connectivity index (χ2n) is 7.89. The Morgan fingerprint density at radius 2 is 2.03 bits per heavy atom. The van der Waals surface area contributed by atoms with Crippen molar-refractivity contribution in [3.8, 4) is 5.75 Å². The summed E-state index contributed by atoms with van der Waals surface area (Å²) in [6, 6.07) is 7.80. The fourth-order valence-corrected chi connectivity index (χ4v) is 4.07. The summed E-state index contributed by atoms with van der Waals surface area (Å²) >= 11 is 6.13. The molecule has 0 aliphatic carbocycles. The predicted molar refractivity (Wildman–Crippen MR) is 119 cm³/mol. The summed E-state index contributed by atoms with van der Waals surface area (Å²) in [4.78, 5) is 50.2. The highest BCUT2D eigenvalue weighted by molar-refractivity contribution is 6.31. The maximum Gasteiger partial charge on any atom is 0.412 e. The SMILES string of the molecule is COc1cc(C)c(Cl)cc1NC(=O)OCc1ccc2c(c1)C(=O)N(C1CCC(=O)NC1=O)C2. The van der Waals surface area contributed by atoms with Gasteiger partial charge in [-0.05, 0) is 48.2 Å². The molecule has 2 aliphatic rings. The number of hydrogen-bond acceptors (Lipinski definition) is 6. The second kappa shape index (κ2) is 9.11. The zero-order chi connectivity index (χ0) is 23.7. The summed E-state index contributed by atoms with van der Waals surface area (Å²) in [6.45, 7) is 2.05. The summed E-state index contributed by atoms with van der Waals surface area (Å²) in [6.07, 6.45) is -0.209. The number of carbonyl (C=O) groups is 4. The fraction of sp³-hybridized carbons (Fsp3) is 0.304. The van der Waals surface area contributed by atoms with Crippen molar-refractivity contribution in [2.75, 3.05) is 12.4 Å². The van der Waals surface area contributed by atoms with E-state index in [4.69, 9.17) is 21.1 Å². The molecule has 2 N–H and O–H groups in total. The molecule has 9 nitrogen and oxygen atoms in total. The number of hydrogen-bond donors (Lipinski definition) is 2. The van der Waals surface area contributed by atoms with Crippen molar-refractivity contribution in [3.05, 3.63) is 57.6 Å². The van der Waals surface area contributed by atoms with Gasteiger partial charge in [0.05, 0.1) is 12.8 Å². The van der Waals surface area contributed by atoms with Crippen LogP contribution in [0.3, 0.4) is 0 Å². The summed E-state index contributed by atoms with van der Waals surface area (Å²) in [5.74, 6) is -0.627. The van der Waals surface area contributed by atoms with Crippen molar-refractivity contribution >= 4 is 41.1 Å². The molecule has 0 bridgehead atoms. The maximum atomic E-state index is 12.9. The number of nitrogens with one attached hydrogen (secondary N) is 2. The van der Waals surface area contributed by atoms with Crippen LogP contribution in [0, 0.1) is 6.92 Å². The molecule has 2 aliphatic heterocycles. The molecule has 0 saturated carbocycles. The van der Waals surface area contributed by atoms with Crippen LogP contribution in [-0.4, -0.2) is 41.9 Å². The average Bonchev–Trinajstić information content (AvgIpc) is 3.10. The van der Waals surface area contributed by atoms with E-state index < -0.39 is 18.0 Å². The van der Waals surface area contributed by atoms with Gasteiger partial charge in [-0.1, -0.05) is 23.7 Å². The molecule has 4 rings (SSSR count). The highest BCUT2D eigenvalue weighted by Gasteiger charge is 2.39. The number of anilines is 1. The number of ether oxygens (including phenoxy) is 2. The van der Waals surface area contributed by atoms with Crippen LogP contribution < -0.4 is 15.4 Å². The Kier molecular flexibility index (Phi) is 6.24. The van der Waals surface area contributed by atoms with Crippen molar-refractivity contribution in [3.63, 3.8) is 0 Å². The summed E-state index contributed by atoms with van der Waals surface area (Å²) in [7, 11) is 1.48. The van der Waals surface area contributed by atoms with E-state index >= 15 is 0 Å². The number of rotatable bonds is 5. The van der Waals surface area contributed by atoms with Gasteiger partial charge in [-0.2, -0.15) is 0 Å². The van der Waals surface area contributed by atoms with Crippen LogP contribution in [0.25, 0.3) is 0 Å². The number of carbonyl (C=O) groups excluding carboxylic acids is 4. The van der Waals surface area contributed by atoms with Gasteiger partial charge in [-0.25, -0.2) is 4.79 Å². The normalized spacial score (nSPS) is 17.5. The van der Waals surface area contributed by atoms with E-state index in [0.29, 0.717) is 34.0 Å². The van der Waals surface area contributed by atoms with Gasteiger partial charge in [0.1, 0.15) is 18.4 Å². The Bertz CT molecular complexity index is 1170. The van der Waals surface area contributed by atoms with Gasteiger partial charge in [-0.3, -0.25) is 25.0 Å². The highest BCUT2D eigenvalue weighted by atomic mass is 35.5. The number of aryl methyl sites for hydroxylation is 1. The molecular weight excluding hydrogens is 450 g/mol. The molecule has 2 aromatic rings. The Labute approximate surface area is 195 Å². The second-order valence-corrected chi connectivity index (χ2v) is 8.30. The first-order valence-electron chi connectivity index (χ1n) is 10.3. The predicted octanol–water partition coefficient (Wildman–Crippen LogP) is 3.17. The lowest BCUT2D eigenvalue weighted by molar-refractivity contribution is -0.136. The van der Waals surface area contributed by atoms with Crippen LogP contribution in [0.1, 0.15) is 39.9 Å². The molecule has 0 radical (unpaired) electrons. The Morgan fingerprint density at radius 3 is 2.76 bits per heavy atom. The molecule has 10 heteroatoms. The van der Waals surface area contributed by atoms with Gasteiger partial charge in [0.25, 0.3) is 5.91 Å². The lowest BCUT2D eigenvalue weighted by atomic mass is 10.0. The van der Waals surface area contributed by atoms with Crippen LogP contribution in [0.5, 0.6) is 5.75 Å². The van der Waals surface area contributed by atoms with Gasteiger partial charge in [0.2, 0.25) is 11.8 Å². The Morgan fingerprint density at radius 1 is 1.24 bits per heavy atom. The first kappa shape index (κ1) is 22.6. The van der Waals surface area contributed by atoms with E-state index in [0.717, 1.165) is 11.1 Å². The van der Waals surface area contributed by atoms with Crippen LogP contribution in [0.2, 0.25) is 5.02 Å². The van der Waals surface area contributed by atoms with E-state index in [-0.39, 0.29) is 31.4 Å². The summed E-state index contributed by atoms with van der Waals surface area (Å²) in [5.41, 5.74) is 3.03. The Hall–Kier alpha value is -3.59. The quantitative estimate of drug-likeness (QED) is 0.647. The molecule has 2 aromatic carbocycles. The molecule has 2 heterocycles. The first-order chi connectivity index (χ1) is 15.8. The number of fused-ring (bicyclic) bond motifs is 1. The van der Waals surface area contributed by atoms with Crippen LogP contribution in [0.15, 0.2) is 30.3 Å². The molecule has 33 heavy (non-hydrogen) atoms. The molecule has 1 saturated heterocycles. The zero-order valence-corrected chi connectivity index (χ0v) is 18.8. The lowest BCUT2D eigenvalue weighted by Gasteiger charge is -2.29. The molecule has 0 aromatic heterocycles. The van der Waals surface area contributed by atoms with Crippen LogP contribution >= 0.6 is 11.6 Å². The van der Waals surface area contributed by atoms with E-state index in [9.17, 15) is 19.2 Å². The summed E-state index contributed by atoms with van der Waals surface area (Å²) in [5, 5.41) is 5.36. The lowest BCUT2D eigenvalue weighted by Crippen LogP contribution is -2.52. The number of imide groups is 1. The Balaban J connectivity index is 1.40. The topological polar surface area (TPSA) is 114 Å². The molecule has 1 fully saturated rings. The van der Waals surface area contributed by atoms with E-state index in [2.05, 4.69) is 10.6 Å². The third-order valence-electron chi connectivity index (χ3n) is 5.68. The van der Waals surface area contributed by atoms with E-state index in [1.54, 1.807) is 30.3 Å². The molecule has 0 spiro atoms. The fourth-order valence-electron chi connectivity index (χ4n) is 3.91. The van der Waals surface area contributed by atoms with Gasteiger partial charge in [0.15, 0.2) is 0 Å². The number of piperidine rings is 1. The average molecular weight is 472 g/mol. The third-order valence-corrected chi connectivity index (χ3v) is 6.09. The molecule has 1 atom stereocenters. The highest BCUT2D eigenvalue weighted by Crippen LogP contribution is 2.31. The van der Waals surface area contributed by atoms with Crippen molar-refractivity contribution in [1.29, 1.82) is 0 Å². The monoisotopic (exact) mass is 471 g/mol. The van der Waals surface area contributed by atoms with E-state index in [1.807, 2.05) is 6.92 Å². The molecular formula is C23H22ClN3O6. The van der Waals surface area contributed by atoms with E-state index in [1.165, 1.54) is 12.0 Å². The largest absolute Gasteiger partial charge is 0.495 e. The number of halogens is 1. The molecule has 4 amide bonds. The first-order valence-corrected chi connectivity index (χ1v) is 10.7. The third kappa shape index (κ3) is 4.63. The number of methoxy groups -OCH3 is 1. The van der Waals surface area contributed by atoms with Gasteiger partial charge in [0, 0.05) is 23.6 Å². The summed E-state index contributed by atoms with van der Waals surface area (Å²) < 4.78 is 10.6. The standard InChI is InChI=1S/C23H22ClN3O6/c1-12-7-19(32-2)17(9-16(12)24)25-23(31)33-11-13-3-4-14-10-27(22(30)15(14)8-13)18-5-6-20(28)26-21(18)29/h3-4,7-9,18H,5-6,10-11H2,1-2H3,(H,25,31)(H,26,28,29). The minimum atomic E-state index is -0.704. The van der Waals surface area contributed by atoms with Gasteiger partial charge >= 0.3 is 6.09 Å². The van der Waals surface area contributed by atoms with Gasteiger partial charge < -0.3 is 14.4 Å². The van der Waals surface area contributed by atoms with Crippen molar-refractivity contribution in [2.45, 2.75) is 39.0 Å². The van der Waals surface area contributed by atoms with Crippen LogP contribution in [0.4, 0.5) is 10.5 Å². The van der Waals surface area contributed by atoms with Gasteiger partial charge in [-0.15, -0.1) is 0 Å². The van der Waals surface area contributed by atoms with Crippen LogP contribution in [-0.2, 0) is 27.5 Å².